The molecule has 1 amide bonds. The molecule has 0 fully saturated rings. The van der Waals surface area contributed by atoms with E-state index in [1.807, 2.05) is 0 Å². The molecule has 0 bridgehead atoms. The number of rotatable bonds is 17. The highest BCUT2D eigenvalue weighted by Crippen LogP contribution is 2.01. The van der Waals surface area contributed by atoms with E-state index in [9.17, 15) is 9.18 Å². The van der Waals surface area contributed by atoms with E-state index in [-0.39, 0.29) is 12.5 Å². The molecule has 0 unspecified atom stereocenters. The van der Waals surface area contributed by atoms with E-state index in [0.29, 0.717) is 6.42 Å². The molecule has 1 atom stereocenters. The van der Waals surface area contributed by atoms with E-state index in [2.05, 4.69) is 60.8 Å². The predicted octanol–water partition coefficient (Wildman–Crippen LogP) is 5.58. The molecule has 0 aliphatic heterocycles. The Morgan fingerprint density at radius 1 is 0.889 bits per heavy atom. The van der Waals surface area contributed by atoms with Gasteiger partial charge in [-0.25, -0.2) is 4.39 Å². The van der Waals surface area contributed by atoms with Crippen molar-refractivity contribution < 1.29 is 14.3 Å². The van der Waals surface area contributed by atoms with Gasteiger partial charge in [0.1, 0.15) is 6.67 Å². The fourth-order valence-corrected chi connectivity index (χ4v) is 2.32. The average Bonchev–Trinajstić information content (AvgIpc) is 2.68. The van der Waals surface area contributed by atoms with Crippen LogP contribution in [-0.2, 0) is 4.79 Å². The van der Waals surface area contributed by atoms with Crippen LogP contribution in [0.1, 0.15) is 71.1 Å². The Balaban J connectivity index is 3.49. The summed E-state index contributed by atoms with van der Waals surface area (Å²) in [5.74, 6) is -0.140. The molecule has 0 saturated carbocycles. The van der Waals surface area contributed by atoms with Gasteiger partial charge in [-0.15, -0.1) is 0 Å². The van der Waals surface area contributed by atoms with E-state index in [1.165, 1.54) is 25.7 Å². The Bertz CT molecular complexity index is 455. The second-order valence-electron chi connectivity index (χ2n) is 6.59. The monoisotopic (exact) mass is 379 g/mol. The SMILES string of the molecule is CCCCC/C=C\C/C=C\C/C=C\C/C=C\CCCC(=O)NC[C@H](O)CF. The van der Waals surface area contributed by atoms with E-state index >= 15 is 0 Å². The van der Waals surface area contributed by atoms with Crippen molar-refractivity contribution in [2.24, 2.45) is 0 Å². The van der Waals surface area contributed by atoms with Crippen LogP contribution in [0.2, 0.25) is 0 Å². The number of aliphatic hydroxyl groups is 1. The molecule has 0 aliphatic carbocycles. The summed E-state index contributed by atoms with van der Waals surface area (Å²) in [4.78, 5) is 11.4. The highest BCUT2D eigenvalue weighted by Gasteiger charge is 2.05. The van der Waals surface area contributed by atoms with Crippen molar-refractivity contribution in [1.82, 2.24) is 5.32 Å². The molecule has 2 N–H and O–H groups in total. The van der Waals surface area contributed by atoms with Crippen molar-refractivity contribution in [3.63, 3.8) is 0 Å². The molecule has 0 aliphatic rings. The quantitative estimate of drug-likeness (QED) is 0.256. The van der Waals surface area contributed by atoms with Gasteiger partial charge < -0.3 is 10.4 Å². The molecule has 0 aromatic carbocycles. The Morgan fingerprint density at radius 3 is 1.93 bits per heavy atom. The topological polar surface area (TPSA) is 49.3 Å². The second kappa shape index (κ2) is 20.6. The summed E-state index contributed by atoms with van der Waals surface area (Å²) in [7, 11) is 0. The number of carbonyl (C=O) groups excluding carboxylic acids is 1. The van der Waals surface area contributed by atoms with Crippen molar-refractivity contribution in [3.8, 4) is 0 Å². The fourth-order valence-electron chi connectivity index (χ4n) is 2.32. The molecular weight excluding hydrogens is 341 g/mol. The average molecular weight is 380 g/mol. The first-order valence-electron chi connectivity index (χ1n) is 10.3. The number of amides is 1. The zero-order chi connectivity index (χ0) is 20.0. The van der Waals surface area contributed by atoms with Gasteiger partial charge in [0, 0.05) is 13.0 Å². The minimum atomic E-state index is -1.09. The minimum Gasteiger partial charge on any atom is -0.389 e. The van der Waals surface area contributed by atoms with E-state index in [0.717, 1.165) is 32.1 Å². The van der Waals surface area contributed by atoms with Gasteiger partial charge in [0.2, 0.25) is 5.91 Å². The first-order chi connectivity index (χ1) is 13.2. The Kier molecular flexibility index (Phi) is 19.3. The van der Waals surface area contributed by atoms with Gasteiger partial charge >= 0.3 is 0 Å². The molecule has 0 rings (SSSR count). The van der Waals surface area contributed by atoms with Crippen LogP contribution in [-0.4, -0.2) is 30.3 Å². The maximum atomic E-state index is 12.0. The number of hydrogen-bond donors (Lipinski definition) is 2. The third-order valence-corrected chi connectivity index (χ3v) is 3.95. The summed E-state index contributed by atoms with van der Waals surface area (Å²) in [5, 5.41) is 11.5. The highest BCUT2D eigenvalue weighted by atomic mass is 19.1. The van der Waals surface area contributed by atoms with E-state index in [4.69, 9.17) is 5.11 Å². The normalized spacial score (nSPS) is 13.4. The molecule has 0 radical (unpaired) electrons. The third-order valence-electron chi connectivity index (χ3n) is 3.95. The van der Waals surface area contributed by atoms with Crippen LogP contribution in [0.4, 0.5) is 4.39 Å². The van der Waals surface area contributed by atoms with Crippen LogP contribution < -0.4 is 5.32 Å². The zero-order valence-electron chi connectivity index (χ0n) is 16.9. The lowest BCUT2D eigenvalue weighted by Crippen LogP contribution is -2.32. The third kappa shape index (κ3) is 20.5. The first-order valence-corrected chi connectivity index (χ1v) is 10.3. The standard InChI is InChI=1S/C23H38FNO2/c1-2-3-4-5-6-7-8-9-10-11-12-13-14-15-16-17-18-19-23(27)25-21-22(26)20-24/h6-7,9-10,12-13,15-16,22,26H,2-5,8,11,14,17-21H2,1H3,(H,25,27)/b7-6-,10-9-,13-12-,16-15-/t22-/m1/s1. The summed E-state index contributed by atoms with van der Waals surface area (Å²) in [5.41, 5.74) is 0. The Morgan fingerprint density at radius 2 is 1.41 bits per heavy atom. The molecule has 3 nitrogen and oxygen atoms in total. The summed E-state index contributed by atoms with van der Waals surface area (Å²) < 4.78 is 12.0. The van der Waals surface area contributed by atoms with Crippen molar-refractivity contribution in [1.29, 1.82) is 0 Å². The molecular formula is C23H38FNO2. The van der Waals surface area contributed by atoms with Crippen LogP contribution >= 0.6 is 0 Å². The Hall–Kier alpha value is -1.68. The van der Waals surface area contributed by atoms with Gasteiger partial charge in [-0.3, -0.25) is 4.79 Å². The molecule has 0 aromatic heterocycles. The first kappa shape index (κ1) is 25.3. The van der Waals surface area contributed by atoms with Crippen LogP contribution in [0, 0.1) is 0 Å². The smallest absolute Gasteiger partial charge is 0.220 e. The van der Waals surface area contributed by atoms with Crippen molar-refractivity contribution >= 4 is 5.91 Å². The summed E-state index contributed by atoms with van der Waals surface area (Å²) in [6.07, 6.45) is 26.3. The molecule has 154 valence electrons. The largest absolute Gasteiger partial charge is 0.389 e. The number of nitrogens with one attached hydrogen (secondary N) is 1. The zero-order valence-corrected chi connectivity index (χ0v) is 16.9. The number of allylic oxidation sites excluding steroid dienone is 8. The van der Waals surface area contributed by atoms with Crippen LogP contribution in [0.15, 0.2) is 48.6 Å². The van der Waals surface area contributed by atoms with Gasteiger partial charge in [-0.1, -0.05) is 68.4 Å². The lowest BCUT2D eigenvalue weighted by Gasteiger charge is -2.07. The van der Waals surface area contributed by atoms with Crippen LogP contribution in [0.5, 0.6) is 0 Å². The molecule has 0 heterocycles. The van der Waals surface area contributed by atoms with E-state index < -0.39 is 12.8 Å². The second-order valence-corrected chi connectivity index (χ2v) is 6.59. The van der Waals surface area contributed by atoms with Crippen molar-refractivity contribution in [2.75, 3.05) is 13.2 Å². The maximum Gasteiger partial charge on any atom is 0.220 e. The summed E-state index contributed by atoms with van der Waals surface area (Å²) in [6, 6.07) is 0. The molecule has 4 heteroatoms. The van der Waals surface area contributed by atoms with Gasteiger partial charge in [0.05, 0.1) is 6.10 Å². The molecule has 0 spiro atoms. The summed E-state index contributed by atoms with van der Waals surface area (Å²) >= 11 is 0. The number of unbranched alkanes of at least 4 members (excludes halogenated alkanes) is 4. The lowest BCUT2D eigenvalue weighted by molar-refractivity contribution is -0.121. The number of hydrogen-bond acceptors (Lipinski definition) is 2. The van der Waals surface area contributed by atoms with Crippen LogP contribution in [0.3, 0.4) is 0 Å². The maximum absolute atomic E-state index is 12.0. The van der Waals surface area contributed by atoms with Crippen molar-refractivity contribution in [2.45, 2.75) is 77.2 Å². The minimum absolute atomic E-state index is 0.0142. The number of halogens is 1. The molecule has 27 heavy (non-hydrogen) atoms. The number of carbonyl (C=O) groups is 1. The van der Waals surface area contributed by atoms with Crippen molar-refractivity contribution in [3.05, 3.63) is 48.6 Å². The van der Waals surface area contributed by atoms with Crippen LogP contribution in [0.25, 0.3) is 0 Å². The molecule has 0 saturated heterocycles. The number of aliphatic hydroxyl groups excluding tert-OH is 1. The Labute approximate surface area is 165 Å². The fraction of sp³-hybridized carbons (Fsp3) is 0.609. The molecule has 0 aromatic rings. The number of alkyl halides is 1. The lowest BCUT2D eigenvalue weighted by atomic mass is 10.2. The highest BCUT2D eigenvalue weighted by molar-refractivity contribution is 5.75. The van der Waals surface area contributed by atoms with Gasteiger partial charge in [-0.05, 0) is 44.9 Å². The predicted molar refractivity (Wildman–Crippen MR) is 113 cm³/mol. The van der Waals surface area contributed by atoms with E-state index in [1.54, 1.807) is 0 Å². The van der Waals surface area contributed by atoms with Gasteiger partial charge in [0.15, 0.2) is 0 Å². The van der Waals surface area contributed by atoms with Gasteiger partial charge in [0.25, 0.3) is 0 Å². The van der Waals surface area contributed by atoms with Gasteiger partial charge in [-0.2, -0.15) is 0 Å². The summed E-state index contributed by atoms with van der Waals surface area (Å²) in [6.45, 7) is 1.38.